The Bertz CT molecular complexity index is 2640. The number of imide groups is 2. The fourth-order valence-electron chi connectivity index (χ4n) is 9.75. The first kappa shape index (κ1) is 39.6. The Morgan fingerprint density at radius 1 is 0.820 bits per heavy atom. The molecule has 2 aliphatic carbocycles. The Morgan fingerprint density at radius 3 is 2.10 bits per heavy atom. The molecule has 2 aliphatic heterocycles. The second-order valence-corrected chi connectivity index (χ2v) is 16.4. The van der Waals surface area contributed by atoms with Crippen LogP contribution < -0.4 is 20.0 Å². The maximum absolute atomic E-state index is 15.4. The molecule has 308 valence electrons. The van der Waals surface area contributed by atoms with E-state index < -0.39 is 58.5 Å². The molecule has 4 aliphatic rings. The number of phenolic OH excluding ortho intramolecular Hbond substituents is 1. The van der Waals surface area contributed by atoms with Gasteiger partial charge in [0, 0.05) is 42.4 Å². The van der Waals surface area contributed by atoms with Crippen molar-refractivity contribution in [2.24, 2.45) is 33.9 Å². The van der Waals surface area contributed by atoms with Gasteiger partial charge in [-0.15, -0.1) is 0 Å². The molecule has 9 rings (SSSR count). The fraction of sp³-hybridized carbons (Fsp3) is 0.234. The first-order valence-electron chi connectivity index (χ1n) is 19.8. The van der Waals surface area contributed by atoms with Gasteiger partial charge >= 0.3 is 0 Å². The predicted molar refractivity (Wildman–Crippen MR) is 228 cm³/mol. The van der Waals surface area contributed by atoms with Crippen LogP contribution in [-0.2, 0) is 24.6 Å². The molecule has 12 nitrogen and oxygen atoms in total. The summed E-state index contributed by atoms with van der Waals surface area (Å²) in [4.78, 5) is 62.5. The van der Waals surface area contributed by atoms with Crippen molar-refractivity contribution in [1.82, 2.24) is 5.01 Å². The fourth-order valence-corrected chi connectivity index (χ4v) is 9.88. The van der Waals surface area contributed by atoms with Crippen LogP contribution >= 0.6 is 11.6 Å². The molecule has 2 saturated heterocycles. The molecule has 61 heavy (non-hydrogen) atoms. The van der Waals surface area contributed by atoms with Crippen molar-refractivity contribution >= 4 is 63.7 Å². The number of phenols is 1. The molecule has 0 unspecified atom stereocenters. The maximum Gasteiger partial charge on any atom is 0.260 e. The molecule has 4 amide bonds. The van der Waals surface area contributed by atoms with Gasteiger partial charge in [0.25, 0.3) is 11.8 Å². The molecule has 0 aromatic heterocycles. The molecule has 1 saturated carbocycles. The summed E-state index contributed by atoms with van der Waals surface area (Å²) >= 11 is 6.39. The molecule has 0 radical (unpaired) electrons. The van der Waals surface area contributed by atoms with Gasteiger partial charge in [-0.1, -0.05) is 41.4 Å². The lowest BCUT2D eigenvalue weighted by atomic mass is 9.49. The number of allylic oxidation sites excluding steroid dienone is 2. The highest BCUT2D eigenvalue weighted by Crippen LogP contribution is 2.65. The Morgan fingerprint density at radius 2 is 1.48 bits per heavy atom. The second-order valence-electron chi connectivity index (χ2n) is 15.9. The van der Waals surface area contributed by atoms with Crippen molar-refractivity contribution in [1.29, 1.82) is 0 Å². The molecule has 2 heterocycles. The lowest BCUT2D eigenvalue weighted by Crippen LogP contribution is -2.53. The summed E-state index contributed by atoms with van der Waals surface area (Å²) in [5.74, 6) is -6.61. The standard InChI is InChI=1S/C47H40ClFN6O6/c1-53(2)32-16-12-29(13-17-32)50-51-30-14-18-33(19-15-30)54-43(57)37-23-22-35-38(41(37)45(54)59)25-39-44(58)55(52-31-10-8-28(49)9-11-31)46(60)47(39,26-4-6-27(48)7-5-26)42(35)36-21-20-34(61-3)24-40(36)56/h4-22,24,37-39,41-42,52,56H,23,25H2,1-3H3/t37-,38+,39-,41-,42+,47+/m0/s1. The second kappa shape index (κ2) is 15.3. The lowest BCUT2D eigenvalue weighted by molar-refractivity contribution is -0.138. The van der Waals surface area contributed by atoms with Gasteiger partial charge in [0.2, 0.25) is 11.8 Å². The number of hydrogen-bond donors (Lipinski definition) is 2. The first-order valence-corrected chi connectivity index (χ1v) is 20.2. The maximum atomic E-state index is 15.4. The summed E-state index contributed by atoms with van der Waals surface area (Å²) in [6, 6.07) is 31.0. The Hall–Kier alpha value is -6.86. The van der Waals surface area contributed by atoms with Gasteiger partial charge in [-0.05, 0) is 115 Å². The number of rotatable bonds is 9. The number of halogens is 2. The quantitative estimate of drug-likeness (QED) is 0.0852. The van der Waals surface area contributed by atoms with Crippen molar-refractivity contribution < 1.29 is 33.4 Å². The van der Waals surface area contributed by atoms with E-state index in [0.717, 1.165) is 10.7 Å². The number of nitrogens with one attached hydrogen (secondary N) is 1. The van der Waals surface area contributed by atoms with Crippen molar-refractivity contribution in [3.63, 3.8) is 0 Å². The summed E-state index contributed by atoms with van der Waals surface area (Å²) in [6.07, 6.45) is 2.13. The first-order chi connectivity index (χ1) is 29.4. The summed E-state index contributed by atoms with van der Waals surface area (Å²) in [5.41, 5.74) is 5.64. The van der Waals surface area contributed by atoms with Gasteiger partial charge in [-0.3, -0.25) is 29.5 Å². The zero-order valence-corrected chi connectivity index (χ0v) is 34.1. The molecule has 3 fully saturated rings. The molecule has 0 spiro atoms. The smallest absolute Gasteiger partial charge is 0.260 e. The van der Waals surface area contributed by atoms with Crippen molar-refractivity contribution in [2.75, 3.05) is 36.4 Å². The number of nitrogens with zero attached hydrogens (tertiary/aromatic N) is 5. The van der Waals surface area contributed by atoms with E-state index in [9.17, 15) is 23.9 Å². The summed E-state index contributed by atoms with van der Waals surface area (Å²) in [7, 11) is 5.37. The molecule has 2 N–H and O–H groups in total. The van der Waals surface area contributed by atoms with Gasteiger partial charge in [-0.25, -0.2) is 4.39 Å². The number of methoxy groups -OCH3 is 1. The van der Waals surface area contributed by atoms with E-state index in [2.05, 4.69) is 15.7 Å². The number of carbonyl (C=O) groups is 4. The molecule has 14 heteroatoms. The van der Waals surface area contributed by atoms with E-state index in [4.69, 9.17) is 16.3 Å². The monoisotopic (exact) mass is 838 g/mol. The highest BCUT2D eigenvalue weighted by Gasteiger charge is 2.70. The number of benzene rings is 5. The minimum atomic E-state index is -1.65. The number of hydrazine groups is 1. The van der Waals surface area contributed by atoms with E-state index in [1.54, 1.807) is 60.7 Å². The number of aromatic hydroxyl groups is 1. The summed E-state index contributed by atoms with van der Waals surface area (Å²) in [6.45, 7) is 0. The molecule has 5 aromatic carbocycles. The van der Waals surface area contributed by atoms with Crippen LogP contribution in [-0.4, -0.2) is 54.9 Å². The minimum Gasteiger partial charge on any atom is -0.508 e. The molecule has 5 aromatic rings. The molecule has 0 bridgehead atoms. The third-order valence-corrected chi connectivity index (χ3v) is 12.8. The van der Waals surface area contributed by atoms with Gasteiger partial charge in [0.1, 0.15) is 17.3 Å². The van der Waals surface area contributed by atoms with Crippen LogP contribution in [0.1, 0.15) is 29.9 Å². The van der Waals surface area contributed by atoms with E-state index >= 15 is 4.79 Å². The van der Waals surface area contributed by atoms with Gasteiger partial charge < -0.3 is 14.7 Å². The summed E-state index contributed by atoms with van der Waals surface area (Å²) < 4.78 is 19.4. The van der Waals surface area contributed by atoms with Crippen LogP contribution in [0.4, 0.5) is 32.8 Å². The number of anilines is 3. The molecular formula is C47H40ClFN6O6. The number of amides is 4. The largest absolute Gasteiger partial charge is 0.508 e. The average Bonchev–Trinajstić information content (AvgIpc) is 3.64. The van der Waals surface area contributed by atoms with Gasteiger partial charge in [0.05, 0.1) is 53.0 Å². The van der Waals surface area contributed by atoms with Crippen LogP contribution in [0.15, 0.2) is 137 Å². The van der Waals surface area contributed by atoms with E-state index in [-0.39, 0.29) is 24.5 Å². The highest BCUT2D eigenvalue weighted by atomic mass is 35.5. The number of hydrogen-bond acceptors (Lipinski definition) is 10. The Balaban J connectivity index is 1.11. The zero-order valence-electron chi connectivity index (χ0n) is 33.3. The lowest BCUT2D eigenvalue weighted by Gasteiger charge is -2.50. The minimum absolute atomic E-state index is 0.0386. The SMILES string of the molecule is COc1ccc([C@H]2C3=CC[C@@H]4C(=O)N(c5ccc(N=Nc6ccc(N(C)C)cc6)cc5)C(=O)[C@@H]4[C@@H]3C[C@H]3C(=O)N(Nc4ccc(F)cc4)C(=O)[C@@]23c2ccc(Cl)cc2)c(O)c1. The number of azo groups is 1. The summed E-state index contributed by atoms with van der Waals surface area (Å²) in [5, 5.41) is 21.8. The molecule has 6 atom stereocenters. The van der Waals surface area contributed by atoms with Crippen LogP contribution in [0, 0.1) is 29.5 Å². The van der Waals surface area contributed by atoms with Crippen molar-refractivity contribution in [3.8, 4) is 11.5 Å². The van der Waals surface area contributed by atoms with E-state index in [0.29, 0.717) is 50.2 Å². The topological polar surface area (TPSA) is 144 Å². The normalized spacial score (nSPS) is 24.4. The Kier molecular flexibility index (Phi) is 9.94. The number of ether oxygens (including phenoxy) is 1. The van der Waals surface area contributed by atoms with E-state index in [1.165, 1.54) is 42.3 Å². The van der Waals surface area contributed by atoms with Gasteiger partial charge in [0.15, 0.2) is 0 Å². The third-order valence-electron chi connectivity index (χ3n) is 12.6. The van der Waals surface area contributed by atoms with Crippen molar-refractivity contribution in [3.05, 3.63) is 149 Å². The van der Waals surface area contributed by atoms with Crippen LogP contribution in [0.2, 0.25) is 5.02 Å². The van der Waals surface area contributed by atoms with Gasteiger partial charge in [-0.2, -0.15) is 15.2 Å². The molecular weight excluding hydrogens is 799 g/mol. The van der Waals surface area contributed by atoms with Crippen LogP contribution in [0.5, 0.6) is 11.5 Å². The van der Waals surface area contributed by atoms with Crippen molar-refractivity contribution in [2.45, 2.75) is 24.2 Å². The highest BCUT2D eigenvalue weighted by molar-refractivity contribution is 6.30. The Labute approximate surface area is 355 Å². The van der Waals surface area contributed by atoms with Crippen LogP contribution in [0.25, 0.3) is 0 Å². The third kappa shape index (κ3) is 6.51. The average molecular weight is 839 g/mol. The predicted octanol–water partition coefficient (Wildman–Crippen LogP) is 8.86. The number of carbonyl (C=O) groups excluding carboxylic acids is 4. The zero-order chi connectivity index (χ0) is 42.7. The van der Waals surface area contributed by atoms with E-state index in [1.807, 2.05) is 49.3 Å². The van der Waals surface area contributed by atoms with Crippen LogP contribution in [0.3, 0.4) is 0 Å². The number of fused-ring (bicyclic) bond motifs is 4.